The van der Waals surface area contributed by atoms with Crippen LogP contribution in [0, 0.1) is 0 Å². The van der Waals surface area contributed by atoms with Crippen molar-refractivity contribution in [1.82, 2.24) is 15.2 Å². The molecule has 4 rings (SSSR count). The maximum atomic E-state index is 13.7. The molecule has 0 bridgehead atoms. The van der Waals surface area contributed by atoms with Crippen LogP contribution in [0.25, 0.3) is 0 Å². The lowest BCUT2D eigenvalue weighted by atomic mass is 9.94. The molecule has 1 fully saturated rings. The fourth-order valence-corrected chi connectivity index (χ4v) is 4.59. The van der Waals surface area contributed by atoms with Crippen molar-refractivity contribution >= 4 is 17.6 Å². The number of hydrogen-bond acceptors (Lipinski definition) is 7. The molecule has 2 N–H and O–H groups in total. The van der Waals surface area contributed by atoms with Crippen LogP contribution >= 0.6 is 0 Å². The predicted molar refractivity (Wildman–Crippen MR) is 139 cm³/mol. The van der Waals surface area contributed by atoms with Crippen LogP contribution in [0.1, 0.15) is 59.8 Å². The molecule has 3 aromatic rings. The third-order valence-electron chi connectivity index (χ3n) is 6.57. The van der Waals surface area contributed by atoms with E-state index in [2.05, 4.69) is 10.3 Å². The number of carbonyl (C=O) groups is 3. The second-order valence-electron chi connectivity index (χ2n) is 9.15. The monoisotopic (exact) mass is 517 g/mol. The van der Waals surface area contributed by atoms with E-state index in [-0.39, 0.29) is 29.8 Å². The predicted octanol–water partition coefficient (Wildman–Crippen LogP) is 4.35. The molecule has 1 saturated carbocycles. The molecule has 198 valence electrons. The summed E-state index contributed by atoms with van der Waals surface area (Å²) in [5.41, 5.74) is 0.605. The first-order chi connectivity index (χ1) is 18.5. The van der Waals surface area contributed by atoms with E-state index < -0.39 is 17.7 Å². The molecule has 1 atom stereocenters. The number of carbonyl (C=O) groups excluding carboxylic acids is 3. The molecule has 1 aliphatic rings. The number of phenols is 1. The van der Waals surface area contributed by atoms with Gasteiger partial charge in [-0.25, -0.2) is 0 Å². The summed E-state index contributed by atoms with van der Waals surface area (Å²) in [7, 11) is 1.45. The Morgan fingerprint density at radius 3 is 2.55 bits per heavy atom. The molecular weight excluding hydrogens is 486 g/mol. The van der Waals surface area contributed by atoms with Crippen LogP contribution in [0.15, 0.2) is 77.7 Å². The highest BCUT2D eigenvalue weighted by Gasteiger charge is 2.33. The molecule has 0 spiro atoms. The molecular formula is C29H31N3O6. The fraction of sp³-hybridized carbons (Fsp3) is 0.310. The summed E-state index contributed by atoms with van der Waals surface area (Å²) in [6, 6.07) is 10.1. The van der Waals surface area contributed by atoms with Crippen LogP contribution < -0.4 is 10.1 Å². The third kappa shape index (κ3) is 6.67. The lowest BCUT2D eigenvalue weighted by Gasteiger charge is -2.32. The van der Waals surface area contributed by atoms with E-state index in [1.807, 2.05) is 0 Å². The smallest absolute Gasteiger partial charge is 0.248 e. The Hall–Kier alpha value is -4.40. The van der Waals surface area contributed by atoms with Crippen LogP contribution in [0.4, 0.5) is 0 Å². The number of aromatic nitrogens is 1. The van der Waals surface area contributed by atoms with Gasteiger partial charge in [0.05, 0.1) is 25.5 Å². The van der Waals surface area contributed by atoms with Gasteiger partial charge in [-0.05, 0) is 60.9 Å². The maximum Gasteiger partial charge on any atom is 0.248 e. The highest BCUT2D eigenvalue weighted by molar-refractivity contribution is 6.09. The Labute approximate surface area is 221 Å². The van der Waals surface area contributed by atoms with Gasteiger partial charge in [0.15, 0.2) is 5.78 Å². The number of methoxy groups -OCH3 is 1. The second kappa shape index (κ2) is 12.7. The van der Waals surface area contributed by atoms with Crippen LogP contribution in [0.3, 0.4) is 0 Å². The van der Waals surface area contributed by atoms with E-state index in [9.17, 15) is 19.5 Å². The molecule has 0 unspecified atom stereocenters. The summed E-state index contributed by atoms with van der Waals surface area (Å²) in [6.45, 7) is 0.00320. The lowest BCUT2D eigenvalue weighted by molar-refractivity contribution is -0.138. The number of rotatable bonds is 10. The molecule has 2 amide bonds. The summed E-state index contributed by atoms with van der Waals surface area (Å²) in [5.74, 6) is -0.828. The van der Waals surface area contributed by atoms with Crippen LogP contribution in [-0.2, 0) is 16.1 Å². The first-order valence-corrected chi connectivity index (χ1v) is 12.6. The van der Waals surface area contributed by atoms with E-state index in [4.69, 9.17) is 9.15 Å². The number of benzene rings is 1. The van der Waals surface area contributed by atoms with Crippen molar-refractivity contribution < 1.29 is 28.6 Å². The number of nitrogens with one attached hydrogen (secondary N) is 1. The van der Waals surface area contributed by atoms with Gasteiger partial charge in [-0.3, -0.25) is 19.4 Å². The minimum atomic E-state index is -0.980. The number of aromatic hydroxyl groups is 1. The quantitative estimate of drug-likeness (QED) is 0.303. The van der Waals surface area contributed by atoms with Gasteiger partial charge in [0.2, 0.25) is 11.8 Å². The summed E-state index contributed by atoms with van der Waals surface area (Å²) in [4.78, 5) is 45.4. The molecule has 1 aliphatic carbocycles. The van der Waals surface area contributed by atoms with E-state index in [1.165, 1.54) is 30.4 Å². The van der Waals surface area contributed by atoms with E-state index >= 15 is 0 Å². The molecule has 38 heavy (non-hydrogen) atoms. The highest BCUT2D eigenvalue weighted by atomic mass is 16.5. The molecule has 9 heteroatoms. The average molecular weight is 518 g/mol. The van der Waals surface area contributed by atoms with Crippen molar-refractivity contribution in [2.24, 2.45) is 0 Å². The van der Waals surface area contributed by atoms with Gasteiger partial charge < -0.3 is 24.5 Å². The molecule has 0 saturated heterocycles. The minimum Gasteiger partial charge on any atom is -0.507 e. The molecule has 1 aromatic carbocycles. The Kier molecular flexibility index (Phi) is 8.92. The molecule has 2 aromatic heterocycles. The van der Waals surface area contributed by atoms with Crippen molar-refractivity contribution in [2.45, 2.75) is 50.7 Å². The van der Waals surface area contributed by atoms with Gasteiger partial charge in [0, 0.05) is 30.6 Å². The van der Waals surface area contributed by atoms with Gasteiger partial charge in [-0.2, -0.15) is 0 Å². The zero-order valence-corrected chi connectivity index (χ0v) is 21.2. The Morgan fingerprint density at radius 2 is 1.89 bits per heavy atom. The average Bonchev–Trinajstić information content (AvgIpc) is 3.45. The van der Waals surface area contributed by atoms with Crippen molar-refractivity contribution in [1.29, 1.82) is 0 Å². The van der Waals surface area contributed by atoms with Crippen LogP contribution in [-0.4, -0.2) is 45.7 Å². The van der Waals surface area contributed by atoms with E-state index in [0.29, 0.717) is 17.1 Å². The molecule has 2 heterocycles. The number of nitrogens with zero attached hydrogens (tertiary/aromatic N) is 2. The van der Waals surface area contributed by atoms with Crippen molar-refractivity contribution in [3.05, 3.63) is 90.2 Å². The van der Waals surface area contributed by atoms with Gasteiger partial charge in [-0.1, -0.05) is 19.3 Å². The number of hydrogen-bond donors (Lipinski definition) is 2. The largest absolute Gasteiger partial charge is 0.507 e. The van der Waals surface area contributed by atoms with Crippen molar-refractivity contribution in [2.75, 3.05) is 7.11 Å². The van der Waals surface area contributed by atoms with Crippen LogP contribution in [0.2, 0.25) is 0 Å². The standard InChI is InChI=1S/C29H31N3O6/c1-37-22-9-10-24(26(34)18-22)25(33)11-12-27(35)32(19-23-8-5-17-38-23)28(20-13-15-30-16-14-20)29(36)31-21-6-3-2-4-7-21/h5,8-18,21,28,34H,2-4,6-7,19H2,1H3,(H,31,36)/b12-11+/t28-/m0/s1. The number of ketones is 1. The van der Waals surface area contributed by atoms with Gasteiger partial charge in [0.25, 0.3) is 0 Å². The minimum absolute atomic E-state index is 0.00320. The summed E-state index contributed by atoms with van der Waals surface area (Å²) < 4.78 is 10.5. The summed E-state index contributed by atoms with van der Waals surface area (Å²) in [6.07, 6.45) is 11.8. The number of amides is 2. The fourth-order valence-electron chi connectivity index (χ4n) is 4.59. The molecule has 0 radical (unpaired) electrons. The molecule has 9 nitrogen and oxygen atoms in total. The first-order valence-electron chi connectivity index (χ1n) is 12.6. The van der Waals surface area contributed by atoms with Gasteiger partial charge in [-0.15, -0.1) is 0 Å². The van der Waals surface area contributed by atoms with E-state index in [0.717, 1.165) is 44.3 Å². The zero-order valence-electron chi connectivity index (χ0n) is 21.2. The van der Waals surface area contributed by atoms with Gasteiger partial charge in [0.1, 0.15) is 23.3 Å². The molecule has 0 aliphatic heterocycles. The van der Waals surface area contributed by atoms with Crippen LogP contribution in [0.5, 0.6) is 11.5 Å². The second-order valence-corrected chi connectivity index (χ2v) is 9.15. The van der Waals surface area contributed by atoms with E-state index in [1.54, 1.807) is 42.7 Å². The number of furan rings is 1. The summed E-state index contributed by atoms with van der Waals surface area (Å²) in [5, 5.41) is 13.3. The SMILES string of the molecule is COc1ccc(C(=O)/C=C/C(=O)N(Cc2ccco2)[C@H](C(=O)NC2CCCCC2)c2ccncc2)c(O)c1. The lowest BCUT2D eigenvalue weighted by Crippen LogP contribution is -2.46. The van der Waals surface area contributed by atoms with Crippen molar-refractivity contribution in [3.8, 4) is 11.5 Å². The first kappa shape index (κ1) is 26.7. The van der Waals surface area contributed by atoms with Gasteiger partial charge >= 0.3 is 0 Å². The third-order valence-corrected chi connectivity index (χ3v) is 6.57. The summed E-state index contributed by atoms with van der Waals surface area (Å²) >= 11 is 0. The zero-order chi connectivity index (χ0) is 26.9. The number of pyridine rings is 1. The topological polar surface area (TPSA) is 122 Å². The number of allylic oxidation sites excluding steroid dienone is 1. The highest BCUT2D eigenvalue weighted by Crippen LogP contribution is 2.27. The normalized spacial score (nSPS) is 14.7. The number of ether oxygens (including phenoxy) is 1. The Balaban J connectivity index is 1.63. The number of phenolic OH excluding ortho intramolecular Hbond substituents is 1. The maximum absolute atomic E-state index is 13.7. The Bertz CT molecular complexity index is 1270. The Morgan fingerprint density at radius 1 is 1.13 bits per heavy atom. The van der Waals surface area contributed by atoms with Crippen molar-refractivity contribution in [3.63, 3.8) is 0 Å².